The molecule has 3 rings (SSSR count). The minimum Gasteiger partial charge on any atom is -0.382 e. The van der Waals surface area contributed by atoms with Crippen LogP contribution in [-0.2, 0) is 0 Å². The van der Waals surface area contributed by atoms with Gasteiger partial charge >= 0.3 is 0 Å². The topological polar surface area (TPSA) is 125 Å². The van der Waals surface area contributed by atoms with Gasteiger partial charge < -0.3 is 15.1 Å². The highest BCUT2D eigenvalue weighted by Crippen LogP contribution is 2.20. The van der Waals surface area contributed by atoms with Crippen molar-refractivity contribution in [1.82, 2.24) is 15.0 Å². The van der Waals surface area contributed by atoms with Gasteiger partial charge in [0.2, 0.25) is 0 Å². The quantitative estimate of drug-likeness (QED) is 0.403. The van der Waals surface area contributed by atoms with E-state index in [1.54, 1.807) is 38.4 Å². The second-order valence-electron chi connectivity index (χ2n) is 6.02. The number of non-ortho nitro benzene ring substituents is 1. The van der Waals surface area contributed by atoms with Crippen LogP contribution in [0.25, 0.3) is 11.0 Å². The maximum atomic E-state index is 12.6. The Morgan fingerprint density at radius 2 is 1.96 bits per heavy atom. The molecule has 1 aromatic heterocycles. The predicted molar refractivity (Wildman–Crippen MR) is 101 cm³/mol. The van der Waals surface area contributed by atoms with Crippen LogP contribution >= 0.6 is 0 Å². The van der Waals surface area contributed by atoms with E-state index >= 15 is 0 Å². The van der Waals surface area contributed by atoms with Crippen molar-refractivity contribution in [3.8, 4) is 0 Å². The van der Waals surface area contributed by atoms with Crippen LogP contribution in [0, 0.1) is 10.1 Å². The minimum absolute atomic E-state index is 0.0543. The van der Waals surface area contributed by atoms with Crippen LogP contribution in [0.2, 0.25) is 0 Å². The zero-order valence-electron chi connectivity index (χ0n) is 14.7. The summed E-state index contributed by atoms with van der Waals surface area (Å²) in [6.45, 7) is 0. The lowest BCUT2D eigenvalue weighted by Crippen LogP contribution is -2.27. The highest BCUT2D eigenvalue weighted by molar-refractivity contribution is 6.03. The SMILES string of the molecule is CN(C)/N=C(\c1nc2ccc([N+](=O)[O-])cc2[nH]c1=O)C(O)c1ccccc1. The van der Waals surface area contributed by atoms with Crippen LogP contribution in [0.15, 0.2) is 58.4 Å². The second-order valence-corrected chi connectivity index (χ2v) is 6.02. The Hall–Kier alpha value is -3.59. The van der Waals surface area contributed by atoms with Gasteiger partial charge in [0.1, 0.15) is 11.8 Å². The summed E-state index contributed by atoms with van der Waals surface area (Å²) < 4.78 is 0. The van der Waals surface area contributed by atoms with E-state index in [1.165, 1.54) is 23.2 Å². The molecule has 1 unspecified atom stereocenters. The summed E-state index contributed by atoms with van der Waals surface area (Å²) in [7, 11) is 3.33. The molecule has 0 aliphatic heterocycles. The first kappa shape index (κ1) is 18.2. The maximum absolute atomic E-state index is 12.6. The zero-order valence-corrected chi connectivity index (χ0v) is 14.7. The fourth-order valence-electron chi connectivity index (χ4n) is 2.60. The number of rotatable bonds is 5. The molecule has 9 nitrogen and oxygen atoms in total. The molecule has 27 heavy (non-hydrogen) atoms. The van der Waals surface area contributed by atoms with Crippen molar-refractivity contribution in [3.05, 3.63) is 80.3 Å². The zero-order chi connectivity index (χ0) is 19.6. The van der Waals surface area contributed by atoms with Gasteiger partial charge in [-0.25, -0.2) is 4.98 Å². The number of aliphatic hydroxyl groups is 1. The summed E-state index contributed by atoms with van der Waals surface area (Å²) in [5, 5.41) is 27.4. The van der Waals surface area contributed by atoms with E-state index in [1.807, 2.05) is 6.07 Å². The molecule has 0 radical (unpaired) electrons. The number of hydrogen-bond donors (Lipinski definition) is 2. The van der Waals surface area contributed by atoms with E-state index in [9.17, 15) is 20.0 Å². The fourth-order valence-corrected chi connectivity index (χ4v) is 2.60. The third kappa shape index (κ3) is 3.82. The van der Waals surface area contributed by atoms with Crippen molar-refractivity contribution in [2.24, 2.45) is 5.10 Å². The molecule has 9 heteroatoms. The van der Waals surface area contributed by atoms with Crippen LogP contribution in [-0.4, -0.2) is 44.8 Å². The molecule has 0 saturated carbocycles. The van der Waals surface area contributed by atoms with Gasteiger partial charge in [-0.15, -0.1) is 0 Å². The normalized spacial score (nSPS) is 12.8. The third-order valence-corrected chi connectivity index (χ3v) is 3.81. The van der Waals surface area contributed by atoms with Crippen LogP contribution in [0.3, 0.4) is 0 Å². The monoisotopic (exact) mass is 367 g/mol. The molecule has 0 bridgehead atoms. The van der Waals surface area contributed by atoms with E-state index in [4.69, 9.17) is 0 Å². The number of nitro benzene ring substituents is 1. The first-order valence-corrected chi connectivity index (χ1v) is 8.04. The first-order chi connectivity index (χ1) is 12.9. The summed E-state index contributed by atoms with van der Waals surface area (Å²) in [5.41, 5.74) is 0.410. The van der Waals surface area contributed by atoms with Crippen molar-refractivity contribution >= 4 is 22.4 Å². The summed E-state index contributed by atoms with van der Waals surface area (Å²) in [4.78, 5) is 29.8. The summed E-state index contributed by atoms with van der Waals surface area (Å²) in [6, 6.07) is 12.8. The van der Waals surface area contributed by atoms with Gasteiger partial charge in [0.15, 0.2) is 5.69 Å². The molecule has 0 aliphatic rings. The molecule has 0 spiro atoms. The van der Waals surface area contributed by atoms with Crippen molar-refractivity contribution < 1.29 is 10.0 Å². The first-order valence-electron chi connectivity index (χ1n) is 8.04. The number of fused-ring (bicyclic) bond motifs is 1. The van der Waals surface area contributed by atoms with Gasteiger partial charge in [-0.05, 0) is 11.6 Å². The standard InChI is InChI=1S/C18H17N5O4/c1-22(2)21-15(17(24)11-6-4-3-5-7-11)16-18(25)20-14-10-12(23(26)27)8-9-13(14)19-16/h3-10,17,24H,1-2H3,(H,20,25)/b21-15+. The summed E-state index contributed by atoms with van der Waals surface area (Å²) in [5.74, 6) is 0. The average Bonchev–Trinajstić information content (AvgIpc) is 2.65. The Labute approximate surface area is 153 Å². The van der Waals surface area contributed by atoms with Crippen molar-refractivity contribution in [2.75, 3.05) is 14.1 Å². The maximum Gasteiger partial charge on any atom is 0.276 e. The molecule has 3 aromatic rings. The van der Waals surface area contributed by atoms with Crippen molar-refractivity contribution in [2.45, 2.75) is 6.10 Å². The number of nitro groups is 1. The van der Waals surface area contributed by atoms with Crippen LogP contribution < -0.4 is 5.56 Å². The van der Waals surface area contributed by atoms with Crippen LogP contribution in [0.1, 0.15) is 17.4 Å². The highest BCUT2D eigenvalue weighted by Gasteiger charge is 2.23. The lowest BCUT2D eigenvalue weighted by Gasteiger charge is -2.16. The molecule has 2 aromatic carbocycles. The van der Waals surface area contributed by atoms with E-state index in [2.05, 4.69) is 15.1 Å². The predicted octanol–water partition coefficient (Wildman–Crippen LogP) is 1.83. The average molecular weight is 367 g/mol. The largest absolute Gasteiger partial charge is 0.382 e. The fraction of sp³-hybridized carbons (Fsp3) is 0.167. The van der Waals surface area contributed by atoms with Crippen molar-refractivity contribution in [3.63, 3.8) is 0 Å². The van der Waals surface area contributed by atoms with Gasteiger partial charge in [-0.1, -0.05) is 30.3 Å². The Morgan fingerprint density at radius 1 is 1.26 bits per heavy atom. The number of hydrazone groups is 1. The number of aromatic amines is 1. The molecular weight excluding hydrogens is 350 g/mol. The van der Waals surface area contributed by atoms with E-state index in [-0.39, 0.29) is 22.6 Å². The van der Waals surface area contributed by atoms with Gasteiger partial charge in [-0.2, -0.15) is 5.10 Å². The molecule has 1 atom stereocenters. The number of aliphatic hydroxyl groups excluding tert-OH is 1. The molecule has 0 fully saturated rings. The van der Waals surface area contributed by atoms with Gasteiger partial charge in [-0.3, -0.25) is 14.9 Å². The van der Waals surface area contributed by atoms with Crippen LogP contribution in [0.5, 0.6) is 0 Å². The minimum atomic E-state index is -1.17. The molecule has 0 saturated heterocycles. The smallest absolute Gasteiger partial charge is 0.276 e. The van der Waals surface area contributed by atoms with Crippen LogP contribution in [0.4, 0.5) is 5.69 Å². The van der Waals surface area contributed by atoms with Gasteiger partial charge in [0.25, 0.3) is 11.2 Å². The number of benzene rings is 2. The lowest BCUT2D eigenvalue weighted by molar-refractivity contribution is -0.384. The number of nitrogens with zero attached hydrogens (tertiary/aromatic N) is 4. The molecule has 138 valence electrons. The Bertz CT molecular complexity index is 1080. The number of aromatic nitrogens is 2. The number of H-pyrrole nitrogens is 1. The highest BCUT2D eigenvalue weighted by atomic mass is 16.6. The number of nitrogens with one attached hydrogen (secondary N) is 1. The molecule has 1 heterocycles. The second kappa shape index (κ2) is 7.34. The third-order valence-electron chi connectivity index (χ3n) is 3.81. The van der Waals surface area contributed by atoms with Gasteiger partial charge in [0, 0.05) is 26.2 Å². The van der Waals surface area contributed by atoms with E-state index < -0.39 is 16.6 Å². The Balaban J connectivity index is 2.16. The molecule has 0 aliphatic carbocycles. The molecule has 2 N–H and O–H groups in total. The van der Waals surface area contributed by atoms with E-state index in [0.717, 1.165) is 0 Å². The van der Waals surface area contributed by atoms with E-state index in [0.29, 0.717) is 11.1 Å². The molecular formula is C18H17N5O4. The summed E-state index contributed by atoms with van der Waals surface area (Å²) >= 11 is 0. The van der Waals surface area contributed by atoms with Gasteiger partial charge in [0.05, 0.1) is 16.0 Å². The lowest BCUT2D eigenvalue weighted by atomic mass is 10.0. The molecule has 0 amide bonds. The summed E-state index contributed by atoms with van der Waals surface area (Å²) in [6.07, 6.45) is -1.17. The Morgan fingerprint density at radius 3 is 2.59 bits per heavy atom. The van der Waals surface area contributed by atoms with Crippen molar-refractivity contribution in [1.29, 1.82) is 0 Å². The Kier molecular flexibility index (Phi) is 4.95. The number of hydrogen-bond acceptors (Lipinski definition) is 7.